The highest BCUT2D eigenvalue weighted by Crippen LogP contribution is 2.27. The van der Waals surface area contributed by atoms with Crippen molar-refractivity contribution in [3.05, 3.63) is 0 Å². The predicted octanol–water partition coefficient (Wildman–Crippen LogP) is 1.03. The number of carbonyl (C=O) groups excluding carboxylic acids is 1. The quantitative estimate of drug-likeness (QED) is 0.685. The number of hydrogen-bond donors (Lipinski definition) is 2. The maximum absolute atomic E-state index is 10.8. The molecule has 2 unspecified atom stereocenters. The molecule has 3 heteroatoms. The molecule has 13 heavy (non-hydrogen) atoms. The van der Waals surface area contributed by atoms with Gasteiger partial charge in [0.2, 0.25) is 5.91 Å². The molecule has 0 aromatic carbocycles. The van der Waals surface area contributed by atoms with Gasteiger partial charge >= 0.3 is 0 Å². The van der Waals surface area contributed by atoms with Crippen LogP contribution in [0.2, 0.25) is 0 Å². The lowest BCUT2D eigenvalue weighted by Crippen LogP contribution is -2.45. The van der Waals surface area contributed by atoms with Crippen molar-refractivity contribution in [1.82, 2.24) is 5.32 Å². The Balaban J connectivity index is 2.30. The molecule has 3 nitrogen and oxygen atoms in total. The first-order valence-electron chi connectivity index (χ1n) is 5.16. The zero-order chi connectivity index (χ0) is 9.84. The number of rotatable bonds is 4. The number of hydrogen-bond acceptors (Lipinski definition) is 2. The van der Waals surface area contributed by atoms with E-state index in [2.05, 4.69) is 12.2 Å². The molecule has 0 aliphatic heterocycles. The fourth-order valence-electron chi connectivity index (χ4n) is 2.07. The lowest BCUT2D eigenvalue weighted by molar-refractivity contribution is -0.119. The van der Waals surface area contributed by atoms with Crippen molar-refractivity contribution in [1.29, 1.82) is 0 Å². The lowest BCUT2D eigenvalue weighted by atomic mass is 9.99. The molecule has 3 N–H and O–H groups in total. The monoisotopic (exact) mass is 184 g/mol. The Morgan fingerprint density at radius 2 is 1.92 bits per heavy atom. The zero-order valence-electron chi connectivity index (χ0n) is 8.55. The van der Waals surface area contributed by atoms with Gasteiger partial charge in [0.15, 0.2) is 0 Å². The molecular weight excluding hydrogens is 164 g/mol. The summed E-state index contributed by atoms with van der Waals surface area (Å²) in [6, 6.07) is 0.223. The van der Waals surface area contributed by atoms with E-state index in [1.165, 1.54) is 25.7 Å². The molecule has 0 bridgehead atoms. The molecule has 0 heterocycles. The Hall–Kier alpha value is -0.570. The third-order valence-electron chi connectivity index (χ3n) is 3.05. The van der Waals surface area contributed by atoms with Crippen molar-refractivity contribution < 1.29 is 4.79 Å². The minimum absolute atomic E-state index is 0.199. The van der Waals surface area contributed by atoms with E-state index >= 15 is 0 Å². The van der Waals surface area contributed by atoms with E-state index in [1.807, 2.05) is 6.92 Å². The smallest absolute Gasteiger partial charge is 0.234 e. The fraction of sp³-hybridized carbons (Fsp3) is 0.900. The van der Waals surface area contributed by atoms with Crippen molar-refractivity contribution in [2.45, 2.75) is 51.6 Å². The van der Waals surface area contributed by atoms with E-state index in [1.54, 1.807) is 0 Å². The van der Waals surface area contributed by atoms with Gasteiger partial charge < -0.3 is 11.1 Å². The highest BCUT2D eigenvalue weighted by atomic mass is 16.1. The highest BCUT2D eigenvalue weighted by molar-refractivity contribution is 5.79. The summed E-state index contributed by atoms with van der Waals surface area (Å²) in [5.74, 6) is 0.478. The van der Waals surface area contributed by atoms with Crippen molar-refractivity contribution >= 4 is 5.91 Å². The average Bonchev–Trinajstić information content (AvgIpc) is 2.55. The average molecular weight is 184 g/mol. The molecule has 1 rings (SSSR count). The number of primary amides is 1. The second-order valence-corrected chi connectivity index (χ2v) is 4.12. The first-order valence-corrected chi connectivity index (χ1v) is 5.16. The van der Waals surface area contributed by atoms with Gasteiger partial charge in [0.05, 0.1) is 6.04 Å². The molecule has 0 aromatic heterocycles. The minimum Gasteiger partial charge on any atom is -0.368 e. The van der Waals surface area contributed by atoms with Crippen LogP contribution in [0.15, 0.2) is 0 Å². The normalized spacial score (nSPS) is 22.9. The summed E-state index contributed by atoms with van der Waals surface area (Å²) in [6.07, 6.45) is 5.25. The van der Waals surface area contributed by atoms with Gasteiger partial charge in [-0.15, -0.1) is 0 Å². The third-order valence-corrected chi connectivity index (χ3v) is 3.05. The minimum atomic E-state index is -0.259. The molecule has 1 fully saturated rings. The Labute approximate surface area is 80.1 Å². The Morgan fingerprint density at radius 1 is 1.38 bits per heavy atom. The van der Waals surface area contributed by atoms with E-state index < -0.39 is 0 Å². The SMILES string of the molecule is CC(NC(C)C1CCCC1)C(N)=O. The van der Waals surface area contributed by atoms with E-state index in [9.17, 15) is 4.79 Å². The number of carbonyl (C=O) groups is 1. The zero-order valence-corrected chi connectivity index (χ0v) is 8.55. The third kappa shape index (κ3) is 2.99. The molecule has 0 saturated heterocycles. The van der Waals surface area contributed by atoms with Crippen LogP contribution in [0.4, 0.5) is 0 Å². The van der Waals surface area contributed by atoms with Crippen molar-refractivity contribution in [3.63, 3.8) is 0 Å². The summed E-state index contributed by atoms with van der Waals surface area (Å²) in [5, 5.41) is 3.25. The Morgan fingerprint density at radius 3 is 2.38 bits per heavy atom. The van der Waals surface area contributed by atoms with E-state index in [0.29, 0.717) is 6.04 Å². The summed E-state index contributed by atoms with van der Waals surface area (Å²) in [7, 11) is 0. The maximum Gasteiger partial charge on any atom is 0.234 e. The Bertz CT molecular complexity index is 176. The highest BCUT2D eigenvalue weighted by Gasteiger charge is 2.23. The van der Waals surface area contributed by atoms with E-state index in [4.69, 9.17) is 5.73 Å². The first kappa shape index (κ1) is 10.5. The molecule has 76 valence electrons. The van der Waals surface area contributed by atoms with Crippen molar-refractivity contribution in [2.75, 3.05) is 0 Å². The van der Waals surface area contributed by atoms with Crippen LogP contribution in [0.1, 0.15) is 39.5 Å². The summed E-state index contributed by atoms with van der Waals surface area (Å²) in [4.78, 5) is 10.8. The van der Waals surface area contributed by atoms with Gasteiger partial charge in [0.1, 0.15) is 0 Å². The number of nitrogens with two attached hydrogens (primary N) is 1. The summed E-state index contributed by atoms with van der Waals surface area (Å²) in [5.41, 5.74) is 5.18. The van der Waals surface area contributed by atoms with Crippen molar-refractivity contribution in [3.8, 4) is 0 Å². The topological polar surface area (TPSA) is 55.1 Å². The van der Waals surface area contributed by atoms with Crippen LogP contribution in [0, 0.1) is 5.92 Å². The fourth-order valence-corrected chi connectivity index (χ4v) is 2.07. The standard InChI is InChI=1S/C10H20N2O/c1-7(9-5-3-4-6-9)12-8(2)10(11)13/h7-9,12H,3-6H2,1-2H3,(H2,11,13). The van der Waals surface area contributed by atoms with Gasteiger partial charge in [-0.25, -0.2) is 0 Å². The van der Waals surface area contributed by atoms with Crippen LogP contribution in [-0.4, -0.2) is 18.0 Å². The lowest BCUT2D eigenvalue weighted by Gasteiger charge is -2.23. The van der Waals surface area contributed by atoms with Crippen LogP contribution < -0.4 is 11.1 Å². The summed E-state index contributed by atoms with van der Waals surface area (Å²) >= 11 is 0. The second kappa shape index (κ2) is 4.61. The molecule has 1 saturated carbocycles. The molecule has 1 aliphatic carbocycles. The van der Waals surface area contributed by atoms with Gasteiger partial charge in [-0.1, -0.05) is 12.8 Å². The molecule has 1 amide bonds. The maximum atomic E-state index is 10.8. The molecule has 0 aromatic rings. The molecular formula is C10H20N2O. The second-order valence-electron chi connectivity index (χ2n) is 4.12. The molecule has 2 atom stereocenters. The van der Waals surface area contributed by atoms with E-state index in [0.717, 1.165) is 5.92 Å². The van der Waals surface area contributed by atoms with Crippen LogP contribution >= 0.6 is 0 Å². The van der Waals surface area contributed by atoms with Crippen LogP contribution in [0.25, 0.3) is 0 Å². The first-order chi connectivity index (χ1) is 6.11. The number of nitrogens with one attached hydrogen (secondary N) is 1. The van der Waals surface area contributed by atoms with Gasteiger partial charge in [-0.2, -0.15) is 0 Å². The van der Waals surface area contributed by atoms with Crippen LogP contribution in [0.3, 0.4) is 0 Å². The largest absolute Gasteiger partial charge is 0.368 e. The number of amides is 1. The molecule has 0 spiro atoms. The van der Waals surface area contributed by atoms with Gasteiger partial charge in [0, 0.05) is 6.04 Å². The molecule has 1 aliphatic rings. The van der Waals surface area contributed by atoms with Gasteiger partial charge in [0.25, 0.3) is 0 Å². The summed E-state index contributed by atoms with van der Waals surface area (Å²) < 4.78 is 0. The predicted molar refractivity (Wildman–Crippen MR) is 53.2 cm³/mol. The molecule has 0 radical (unpaired) electrons. The van der Waals surface area contributed by atoms with E-state index in [-0.39, 0.29) is 11.9 Å². The van der Waals surface area contributed by atoms with Gasteiger partial charge in [-0.05, 0) is 32.6 Å². The van der Waals surface area contributed by atoms with Crippen molar-refractivity contribution in [2.24, 2.45) is 11.7 Å². The Kier molecular flexibility index (Phi) is 3.72. The van der Waals surface area contributed by atoms with Gasteiger partial charge in [-0.3, -0.25) is 4.79 Å². The summed E-state index contributed by atoms with van der Waals surface area (Å²) in [6.45, 7) is 3.98. The van der Waals surface area contributed by atoms with Crippen LogP contribution in [0.5, 0.6) is 0 Å². The van der Waals surface area contributed by atoms with Crippen LogP contribution in [-0.2, 0) is 4.79 Å².